The number of hydrogen-bond donors (Lipinski definition) is 0. The molecular weight excluding hydrogens is 359 g/mol. The molecule has 1 heterocycles. The van der Waals surface area contributed by atoms with Gasteiger partial charge < -0.3 is 23.7 Å². The summed E-state index contributed by atoms with van der Waals surface area (Å²) < 4.78 is 27.6. The van der Waals surface area contributed by atoms with Gasteiger partial charge in [-0.2, -0.15) is 0 Å². The normalized spacial score (nSPS) is 12.2. The van der Waals surface area contributed by atoms with E-state index in [0.29, 0.717) is 39.8 Å². The standard InChI is InChI=1S/C19H30O5.V/c1-3-5-7-20-8-9-21-10-11-22-14-17-13-19-18(23-15-24-19)12-16(17)6-4-2;/h12-13H,3-11,14-15H2,1-2H3;. The zero-order chi connectivity index (χ0) is 17.0. The molecule has 25 heavy (non-hydrogen) atoms. The molecule has 0 bridgehead atoms. The van der Waals surface area contributed by atoms with E-state index in [1.165, 1.54) is 11.1 Å². The molecular formula is C19H30O5V. The third kappa shape index (κ3) is 8.01. The fourth-order valence-electron chi connectivity index (χ4n) is 2.53. The number of aryl methyl sites for hydroxylation is 1. The summed E-state index contributed by atoms with van der Waals surface area (Å²) in [4.78, 5) is 0. The van der Waals surface area contributed by atoms with Crippen LogP contribution in [0.3, 0.4) is 0 Å². The van der Waals surface area contributed by atoms with E-state index in [9.17, 15) is 0 Å². The number of fused-ring (bicyclic) bond motifs is 1. The molecule has 0 saturated heterocycles. The Balaban J connectivity index is 0.00000312. The monoisotopic (exact) mass is 389 g/mol. The third-order valence-electron chi connectivity index (χ3n) is 3.86. The predicted molar refractivity (Wildman–Crippen MR) is 92.8 cm³/mol. The van der Waals surface area contributed by atoms with Crippen LogP contribution < -0.4 is 9.47 Å². The third-order valence-corrected chi connectivity index (χ3v) is 3.86. The maximum absolute atomic E-state index is 5.75. The number of ether oxygens (including phenoxy) is 5. The van der Waals surface area contributed by atoms with E-state index in [4.69, 9.17) is 23.7 Å². The average molecular weight is 389 g/mol. The van der Waals surface area contributed by atoms with Gasteiger partial charge in [0, 0.05) is 25.2 Å². The van der Waals surface area contributed by atoms with Crippen molar-refractivity contribution in [1.82, 2.24) is 0 Å². The maximum Gasteiger partial charge on any atom is 0.231 e. The van der Waals surface area contributed by atoms with Crippen LogP contribution in [0.5, 0.6) is 11.5 Å². The van der Waals surface area contributed by atoms with Gasteiger partial charge in [0.25, 0.3) is 0 Å². The van der Waals surface area contributed by atoms with E-state index in [-0.39, 0.29) is 18.6 Å². The molecule has 0 N–H and O–H groups in total. The molecule has 1 aromatic rings. The Hall–Kier alpha value is -0.716. The minimum atomic E-state index is 0. The Morgan fingerprint density at radius 1 is 0.800 bits per heavy atom. The Bertz CT molecular complexity index is 481. The van der Waals surface area contributed by atoms with Crippen LogP contribution in [0.1, 0.15) is 44.2 Å². The molecule has 6 heteroatoms. The van der Waals surface area contributed by atoms with Crippen molar-refractivity contribution in [1.29, 1.82) is 0 Å². The minimum absolute atomic E-state index is 0. The van der Waals surface area contributed by atoms with E-state index >= 15 is 0 Å². The smallest absolute Gasteiger partial charge is 0.231 e. The Labute approximate surface area is 163 Å². The number of benzene rings is 1. The fourth-order valence-corrected chi connectivity index (χ4v) is 2.53. The van der Waals surface area contributed by atoms with Crippen LogP contribution in [0, 0.1) is 0 Å². The number of rotatable bonds is 13. The van der Waals surface area contributed by atoms with Crippen LogP contribution in [0.25, 0.3) is 0 Å². The summed E-state index contributed by atoms with van der Waals surface area (Å²) in [6, 6.07) is 4.12. The Kier molecular flexibility index (Phi) is 12.0. The summed E-state index contributed by atoms with van der Waals surface area (Å²) in [6.07, 6.45) is 4.38. The van der Waals surface area contributed by atoms with Crippen molar-refractivity contribution in [2.75, 3.05) is 39.8 Å². The van der Waals surface area contributed by atoms with Crippen molar-refractivity contribution >= 4 is 0 Å². The van der Waals surface area contributed by atoms with E-state index in [1.807, 2.05) is 6.07 Å². The summed E-state index contributed by atoms with van der Waals surface area (Å²) in [5.74, 6) is 1.66. The number of unbranched alkanes of at least 4 members (excludes halogenated alkanes) is 1. The van der Waals surface area contributed by atoms with Gasteiger partial charge in [0.2, 0.25) is 6.79 Å². The van der Waals surface area contributed by atoms with Crippen LogP contribution in [-0.4, -0.2) is 39.8 Å². The summed E-state index contributed by atoms with van der Waals surface area (Å²) in [5.41, 5.74) is 2.44. The second kappa shape index (κ2) is 13.5. The van der Waals surface area contributed by atoms with Crippen molar-refractivity contribution in [2.45, 2.75) is 46.1 Å². The first kappa shape index (κ1) is 22.3. The molecule has 0 atom stereocenters. The van der Waals surface area contributed by atoms with Gasteiger partial charge in [-0.05, 0) is 36.1 Å². The maximum atomic E-state index is 5.75. The van der Waals surface area contributed by atoms with E-state index in [1.54, 1.807) is 0 Å². The average Bonchev–Trinajstić information content (AvgIpc) is 3.04. The largest absolute Gasteiger partial charge is 0.454 e. The SMILES string of the molecule is CCCCOCCOCCOCc1cc2c(cc1CCC)OCO2.[V]. The van der Waals surface area contributed by atoms with E-state index in [2.05, 4.69) is 19.9 Å². The first-order valence-electron chi connectivity index (χ1n) is 8.99. The van der Waals surface area contributed by atoms with Gasteiger partial charge in [-0.3, -0.25) is 0 Å². The molecule has 1 aromatic carbocycles. The molecule has 0 aliphatic carbocycles. The molecule has 141 valence electrons. The summed E-state index contributed by atoms with van der Waals surface area (Å²) in [7, 11) is 0. The van der Waals surface area contributed by atoms with Gasteiger partial charge in [-0.15, -0.1) is 0 Å². The van der Waals surface area contributed by atoms with Crippen molar-refractivity contribution in [3.63, 3.8) is 0 Å². The second-order valence-corrected chi connectivity index (χ2v) is 5.86. The summed E-state index contributed by atoms with van der Waals surface area (Å²) >= 11 is 0. The summed E-state index contributed by atoms with van der Waals surface area (Å²) in [5, 5.41) is 0. The van der Waals surface area contributed by atoms with Crippen molar-refractivity contribution in [3.05, 3.63) is 23.3 Å². The van der Waals surface area contributed by atoms with E-state index < -0.39 is 0 Å². The molecule has 2 rings (SSSR count). The second-order valence-electron chi connectivity index (χ2n) is 5.86. The van der Waals surface area contributed by atoms with Crippen LogP contribution in [0.4, 0.5) is 0 Å². The topological polar surface area (TPSA) is 46.2 Å². The van der Waals surface area contributed by atoms with Gasteiger partial charge in [-0.25, -0.2) is 0 Å². The molecule has 1 aliphatic heterocycles. The van der Waals surface area contributed by atoms with Crippen LogP contribution in [0.15, 0.2) is 12.1 Å². The van der Waals surface area contributed by atoms with Gasteiger partial charge in [0.05, 0.1) is 33.0 Å². The molecule has 0 aromatic heterocycles. The molecule has 0 amide bonds. The first-order valence-corrected chi connectivity index (χ1v) is 8.99. The van der Waals surface area contributed by atoms with Crippen LogP contribution in [-0.2, 0) is 45.8 Å². The van der Waals surface area contributed by atoms with Crippen LogP contribution in [0.2, 0.25) is 0 Å². The fraction of sp³-hybridized carbons (Fsp3) is 0.684. The minimum Gasteiger partial charge on any atom is -0.454 e. The van der Waals surface area contributed by atoms with Crippen molar-refractivity contribution in [3.8, 4) is 11.5 Å². The van der Waals surface area contributed by atoms with Gasteiger partial charge in [0.15, 0.2) is 11.5 Å². The zero-order valence-electron chi connectivity index (χ0n) is 15.4. The molecule has 5 nitrogen and oxygen atoms in total. The van der Waals surface area contributed by atoms with Gasteiger partial charge in [0.1, 0.15) is 0 Å². The quantitative estimate of drug-likeness (QED) is 0.481. The summed E-state index contributed by atoms with van der Waals surface area (Å²) in [6.45, 7) is 8.47. The van der Waals surface area contributed by atoms with Crippen LogP contribution >= 0.6 is 0 Å². The van der Waals surface area contributed by atoms with Gasteiger partial charge in [-0.1, -0.05) is 26.7 Å². The van der Waals surface area contributed by atoms with Gasteiger partial charge >= 0.3 is 0 Å². The van der Waals surface area contributed by atoms with Crippen molar-refractivity contribution in [2.24, 2.45) is 0 Å². The molecule has 1 radical (unpaired) electrons. The molecule has 0 fully saturated rings. The zero-order valence-corrected chi connectivity index (χ0v) is 16.8. The van der Waals surface area contributed by atoms with Crippen molar-refractivity contribution < 1.29 is 42.2 Å². The van der Waals surface area contributed by atoms with E-state index in [0.717, 1.165) is 43.8 Å². The number of hydrogen-bond acceptors (Lipinski definition) is 5. The molecule has 0 saturated carbocycles. The molecule has 1 aliphatic rings. The predicted octanol–water partition coefficient (Wildman–Crippen LogP) is 3.72. The Morgan fingerprint density at radius 2 is 1.40 bits per heavy atom. The molecule has 0 spiro atoms. The first-order chi connectivity index (χ1) is 11.8. The Morgan fingerprint density at radius 3 is 2.04 bits per heavy atom. The molecule has 0 unspecified atom stereocenters.